The quantitative estimate of drug-likeness (QED) is 0.672. The third-order valence-electron chi connectivity index (χ3n) is 2.28. The Hall–Kier alpha value is -2.21. The van der Waals surface area contributed by atoms with E-state index in [2.05, 4.69) is 16.9 Å². The average molecular weight is 276 g/mol. The van der Waals surface area contributed by atoms with Gasteiger partial charge in [0.2, 0.25) is 5.91 Å². The van der Waals surface area contributed by atoms with Crippen LogP contribution in [-0.4, -0.2) is 23.5 Å². The van der Waals surface area contributed by atoms with E-state index in [0.29, 0.717) is 5.13 Å². The van der Waals surface area contributed by atoms with Gasteiger partial charge in [-0.1, -0.05) is 30.0 Å². The van der Waals surface area contributed by atoms with Gasteiger partial charge in [0.25, 0.3) is 0 Å². The molecule has 1 heterocycles. The number of nitrogens with one attached hydrogen (secondary N) is 1. The Balaban J connectivity index is 1.88. The van der Waals surface area contributed by atoms with Crippen LogP contribution in [0.2, 0.25) is 0 Å². The molecule has 0 aliphatic rings. The number of para-hydroxylation sites is 1. The van der Waals surface area contributed by atoms with Crippen molar-refractivity contribution >= 4 is 38.6 Å². The molecule has 0 aliphatic heterocycles. The first-order valence-electron chi connectivity index (χ1n) is 5.63. The fourth-order valence-electron chi connectivity index (χ4n) is 1.41. The minimum absolute atomic E-state index is 0.0293. The van der Waals surface area contributed by atoms with E-state index in [0.717, 1.165) is 16.3 Å². The number of carbonyl (C=O) groups excluding carboxylic acids is 2. The first kappa shape index (κ1) is 13.2. The van der Waals surface area contributed by atoms with Crippen LogP contribution < -0.4 is 5.32 Å². The Labute approximate surface area is 113 Å². The molecule has 0 saturated heterocycles. The molecule has 0 radical (unpaired) electrons. The van der Waals surface area contributed by atoms with Crippen molar-refractivity contribution in [3.05, 3.63) is 36.9 Å². The molecule has 2 aromatic rings. The van der Waals surface area contributed by atoms with Gasteiger partial charge >= 0.3 is 5.97 Å². The molecular weight excluding hydrogens is 264 g/mol. The van der Waals surface area contributed by atoms with Crippen molar-refractivity contribution in [1.29, 1.82) is 0 Å². The summed E-state index contributed by atoms with van der Waals surface area (Å²) < 4.78 is 5.73. The number of hydrogen-bond donors (Lipinski definition) is 1. The molecule has 5 nitrogen and oxygen atoms in total. The lowest BCUT2D eigenvalue weighted by Gasteiger charge is -2.01. The van der Waals surface area contributed by atoms with Gasteiger partial charge in [-0.25, -0.2) is 9.78 Å². The van der Waals surface area contributed by atoms with Crippen LogP contribution >= 0.6 is 11.3 Å². The van der Waals surface area contributed by atoms with Crippen LogP contribution in [0.15, 0.2) is 36.9 Å². The van der Waals surface area contributed by atoms with Gasteiger partial charge in [0.15, 0.2) is 5.13 Å². The van der Waals surface area contributed by atoms with Gasteiger partial charge in [-0.2, -0.15) is 0 Å². The number of amides is 1. The zero-order valence-electron chi connectivity index (χ0n) is 10.1. The molecule has 0 spiro atoms. The van der Waals surface area contributed by atoms with Crippen LogP contribution in [0.25, 0.3) is 10.2 Å². The minimum atomic E-state index is -0.534. The standard InChI is InChI=1S/C13H12N2O3S/c1-2-12(17)18-8-7-11(16)15-13-14-9-5-3-4-6-10(9)19-13/h2-6H,1,7-8H2,(H,14,15,16). The van der Waals surface area contributed by atoms with Crippen molar-refractivity contribution in [3.63, 3.8) is 0 Å². The zero-order valence-corrected chi connectivity index (χ0v) is 10.9. The summed E-state index contributed by atoms with van der Waals surface area (Å²) in [4.78, 5) is 26.7. The van der Waals surface area contributed by atoms with Crippen LogP contribution in [0, 0.1) is 0 Å². The van der Waals surface area contributed by atoms with Crippen molar-refractivity contribution in [2.24, 2.45) is 0 Å². The van der Waals surface area contributed by atoms with E-state index >= 15 is 0 Å². The number of esters is 1. The molecule has 6 heteroatoms. The fourth-order valence-corrected chi connectivity index (χ4v) is 2.29. The molecule has 1 aromatic carbocycles. The van der Waals surface area contributed by atoms with Crippen LogP contribution in [0.1, 0.15) is 6.42 Å². The topological polar surface area (TPSA) is 68.3 Å². The van der Waals surface area contributed by atoms with Crippen LogP contribution in [0.4, 0.5) is 5.13 Å². The smallest absolute Gasteiger partial charge is 0.330 e. The maximum atomic E-state index is 11.6. The van der Waals surface area contributed by atoms with E-state index in [1.165, 1.54) is 11.3 Å². The molecule has 1 aromatic heterocycles. The van der Waals surface area contributed by atoms with Crippen molar-refractivity contribution in [3.8, 4) is 0 Å². The number of benzene rings is 1. The van der Waals surface area contributed by atoms with Gasteiger partial charge in [0.1, 0.15) is 6.61 Å². The number of ether oxygens (including phenoxy) is 1. The third-order valence-corrected chi connectivity index (χ3v) is 3.23. The predicted molar refractivity (Wildman–Crippen MR) is 74.0 cm³/mol. The molecule has 0 fully saturated rings. The van der Waals surface area contributed by atoms with E-state index in [4.69, 9.17) is 4.74 Å². The van der Waals surface area contributed by atoms with E-state index in [9.17, 15) is 9.59 Å². The van der Waals surface area contributed by atoms with Crippen LogP contribution in [0.3, 0.4) is 0 Å². The molecule has 1 N–H and O–H groups in total. The van der Waals surface area contributed by atoms with Crippen LogP contribution in [0.5, 0.6) is 0 Å². The molecule has 19 heavy (non-hydrogen) atoms. The largest absolute Gasteiger partial charge is 0.462 e. The fraction of sp³-hybridized carbons (Fsp3) is 0.154. The summed E-state index contributed by atoms with van der Waals surface area (Å²) in [6.45, 7) is 3.30. The zero-order chi connectivity index (χ0) is 13.7. The summed E-state index contributed by atoms with van der Waals surface area (Å²) in [7, 11) is 0. The predicted octanol–water partition coefficient (Wildman–Crippen LogP) is 2.35. The highest BCUT2D eigenvalue weighted by Gasteiger charge is 2.08. The highest BCUT2D eigenvalue weighted by molar-refractivity contribution is 7.22. The summed E-state index contributed by atoms with van der Waals surface area (Å²) in [6, 6.07) is 7.63. The number of nitrogens with zero attached hydrogens (tertiary/aromatic N) is 1. The number of anilines is 1. The van der Waals surface area contributed by atoms with Gasteiger partial charge in [-0.05, 0) is 12.1 Å². The number of rotatable bonds is 5. The van der Waals surface area contributed by atoms with Crippen molar-refractivity contribution in [1.82, 2.24) is 4.98 Å². The number of aromatic nitrogens is 1. The maximum absolute atomic E-state index is 11.6. The molecule has 0 aliphatic carbocycles. The molecule has 2 rings (SSSR count). The van der Waals surface area contributed by atoms with Crippen molar-refractivity contribution in [2.75, 3.05) is 11.9 Å². The molecule has 0 bridgehead atoms. The van der Waals surface area contributed by atoms with Crippen molar-refractivity contribution in [2.45, 2.75) is 6.42 Å². The second kappa shape index (κ2) is 6.10. The normalized spacial score (nSPS) is 10.1. The monoisotopic (exact) mass is 276 g/mol. The van der Waals surface area contributed by atoms with Crippen molar-refractivity contribution < 1.29 is 14.3 Å². The van der Waals surface area contributed by atoms with E-state index in [-0.39, 0.29) is 18.9 Å². The summed E-state index contributed by atoms with van der Waals surface area (Å²) >= 11 is 1.40. The molecule has 0 unspecified atom stereocenters. The second-order valence-corrected chi connectivity index (χ2v) is 4.69. The lowest BCUT2D eigenvalue weighted by atomic mass is 10.3. The Bertz CT molecular complexity index is 588. The number of carbonyl (C=O) groups is 2. The molecule has 98 valence electrons. The Morgan fingerprint density at radius 1 is 1.42 bits per heavy atom. The minimum Gasteiger partial charge on any atom is -0.462 e. The van der Waals surface area contributed by atoms with Crippen LogP contribution in [-0.2, 0) is 14.3 Å². The van der Waals surface area contributed by atoms with Gasteiger partial charge in [-0.3, -0.25) is 4.79 Å². The number of fused-ring (bicyclic) bond motifs is 1. The summed E-state index contributed by atoms with van der Waals surface area (Å²) in [5.41, 5.74) is 0.848. The third kappa shape index (κ3) is 3.62. The van der Waals surface area contributed by atoms with Gasteiger partial charge in [-0.15, -0.1) is 0 Å². The van der Waals surface area contributed by atoms with E-state index in [1.807, 2.05) is 24.3 Å². The molecule has 1 amide bonds. The Kier molecular flexibility index (Phi) is 4.25. The molecular formula is C13H12N2O3S. The lowest BCUT2D eigenvalue weighted by Crippen LogP contribution is -2.15. The number of hydrogen-bond acceptors (Lipinski definition) is 5. The second-order valence-electron chi connectivity index (χ2n) is 3.66. The van der Waals surface area contributed by atoms with Gasteiger partial charge in [0, 0.05) is 6.08 Å². The molecule has 0 atom stereocenters. The summed E-state index contributed by atoms with van der Waals surface area (Å²) in [5.74, 6) is -0.774. The summed E-state index contributed by atoms with van der Waals surface area (Å²) in [6.07, 6.45) is 1.15. The van der Waals surface area contributed by atoms with Gasteiger partial charge < -0.3 is 10.1 Å². The van der Waals surface area contributed by atoms with E-state index < -0.39 is 5.97 Å². The first-order chi connectivity index (χ1) is 9.19. The SMILES string of the molecule is C=CC(=O)OCCC(=O)Nc1nc2ccccc2s1. The number of thiazole rings is 1. The highest BCUT2D eigenvalue weighted by atomic mass is 32.1. The Morgan fingerprint density at radius 2 is 2.21 bits per heavy atom. The molecule has 0 saturated carbocycles. The highest BCUT2D eigenvalue weighted by Crippen LogP contribution is 2.25. The lowest BCUT2D eigenvalue weighted by molar-refractivity contribution is -0.138. The van der Waals surface area contributed by atoms with E-state index in [1.54, 1.807) is 0 Å². The maximum Gasteiger partial charge on any atom is 0.330 e. The first-order valence-corrected chi connectivity index (χ1v) is 6.45. The average Bonchev–Trinajstić information content (AvgIpc) is 2.80. The Morgan fingerprint density at radius 3 is 2.95 bits per heavy atom. The van der Waals surface area contributed by atoms with Gasteiger partial charge in [0.05, 0.1) is 16.6 Å². The summed E-state index contributed by atoms with van der Waals surface area (Å²) in [5, 5.41) is 3.22.